The van der Waals surface area contributed by atoms with Crippen LogP contribution in [0.5, 0.6) is 23.0 Å². The SMILES string of the molecule is CC(C)(C)c1ccc2c(c1)CNCCCNCc1cc(C(C)(C)C)ccc1OCCOc1ccc(C(C)(C)C)cc1CNCCCNCc1cc(C(C)(C)C)ccc1OCCO2. The van der Waals surface area contributed by atoms with Crippen molar-refractivity contribution < 1.29 is 18.9 Å². The highest BCUT2D eigenvalue weighted by molar-refractivity contribution is 5.43. The predicted molar refractivity (Wildman–Crippen MR) is 259 cm³/mol. The van der Waals surface area contributed by atoms with Gasteiger partial charge in [-0.3, -0.25) is 0 Å². The summed E-state index contributed by atoms with van der Waals surface area (Å²) in [6.45, 7) is 35.4. The summed E-state index contributed by atoms with van der Waals surface area (Å²) < 4.78 is 25.7. The minimum atomic E-state index is 0.0394. The summed E-state index contributed by atoms with van der Waals surface area (Å²) in [7, 11) is 0. The van der Waals surface area contributed by atoms with Crippen molar-refractivity contribution in [1.82, 2.24) is 21.3 Å². The van der Waals surface area contributed by atoms with E-state index in [4.69, 9.17) is 18.9 Å². The first-order valence-corrected chi connectivity index (χ1v) is 23.2. The molecule has 4 N–H and O–H groups in total. The molecule has 0 bridgehead atoms. The Bertz CT molecular complexity index is 1730. The van der Waals surface area contributed by atoms with Crippen LogP contribution in [-0.2, 0) is 47.8 Å². The number of nitrogens with one attached hydrogen (secondary N) is 4. The van der Waals surface area contributed by atoms with E-state index < -0.39 is 0 Å². The van der Waals surface area contributed by atoms with Crippen LogP contribution >= 0.6 is 0 Å². The van der Waals surface area contributed by atoms with Gasteiger partial charge in [0.05, 0.1) is 0 Å². The van der Waals surface area contributed by atoms with E-state index >= 15 is 0 Å². The molecule has 0 fully saturated rings. The lowest BCUT2D eigenvalue weighted by atomic mass is 9.86. The lowest BCUT2D eigenvalue weighted by molar-refractivity contribution is 0.214. The van der Waals surface area contributed by atoms with E-state index in [-0.39, 0.29) is 21.7 Å². The molecular formula is C54H80N4O4. The first kappa shape index (κ1) is 48.9. The molecule has 0 amide bonds. The molecule has 1 aliphatic heterocycles. The van der Waals surface area contributed by atoms with Gasteiger partial charge >= 0.3 is 0 Å². The summed E-state index contributed by atoms with van der Waals surface area (Å²) >= 11 is 0. The van der Waals surface area contributed by atoms with Crippen LogP contribution in [0.4, 0.5) is 0 Å². The smallest absolute Gasteiger partial charge is 0.123 e. The van der Waals surface area contributed by atoms with Crippen LogP contribution < -0.4 is 40.2 Å². The van der Waals surface area contributed by atoms with Crippen molar-refractivity contribution in [3.05, 3.63) is 117 Å². The van der Waals surface area contributed by atoms with Gasteiger partial charge in [0.2, 0.25) is 0 Å². The first-order valence-electron chi connectivity index (χ1n) is 23.2. The lowest BCUT2D eigenvalue weighted by Gasteiger charge is -2.23. The van der Waals surface area contributed by atoms with E-state index in [2.05, 4.69) is 177 Å². The molecule has 0 aliphatic carbocycles. The van der Waals surface area contributed by atoms with E-state index in [1.54, 1.807) is 0 Å². The minimum Gasteiger partial charge on any atom is -0.490 e. The molecule has 0 saturated carbocycles. The third kappa shape index (κ3) is 15.0. The Labute approximate surface area is 375 Å². The van der Waals surface area contributed by atoms with E-state index in [1.807, 2.05) is 0 Å². The molecule has 62 heavy (non-hydrogen) atoms. The van der Waals surface area contributed by atoms with Crippen LogP contribution in [0.2, 0.25) is 0 Å². The molecule has 1 heterocycles. The summed E-state index contributed by atoms with van der Waals surface area (Å²) in [5, 5.41) is 14.8. The zero-order chi connectivity index (χ0) is 45.0. The maximum absolute atomic E-state index is 6.44. The van der Waals surface area contributed by atoms with Crippen molar-refractivity contribution in [1.29, 1.82) is 0 Å². The summed E-state index contributed by atoms with van der Waals surface area (Å²) in [5.74, 6) is 3.61. The highest BCUT2D eigenvalue weighted by Gasteiger charge is 2.20. The molecule has 0 unspecified atom stereocenters. The number of benzene rings is 4. The second kappa shape index (κ2) is 22.0. The molecule has 0 saturated heterocycles. The van der Waals surface area contributed by atoms with Gasteiger partial charge in [-0.2, -0.15) is 0 Å². The van der Waals surface area contributed by atoms with Crippen molar-refractivity contribution in [3.63, 3.8) is 0 Å². The van der Waals surface area contributed by atoms with Crippen LogP contribution in [-0.4, -0.2) is 52.6 Å². The zero-order valence-electron chi connectivity index (χ0n) is 40.5. The topological polar surface area (TPSA) is 85.0 Å². The third-order valence-corrected chi connectivity index (χ3v) is 11.6. The van der Waals surface area contributed by atoms with E-state index in [1.165, 1.54) is 44.5 Å². The molecule has 4 aromatic rings. The Kier molecular flexibility index (Phi) is 17.4. The molecule has 340 valence electrons. The third-order valence-electron chi connectivity index (χ3n) is 11.6. The fraction of sp³-hybridized carbons (Fsp3) is 0.556. The average molecular weight is 849 g/mol. The van der Waals surface area contributed by atoms with Crippen molar-refractivity contribution in [2.45, 2.75) is 144 Å². The normalized spacial score (nSPS) is 16.7. The number of hydrogen-bond acceptors (Lipinski definition) is 8. The molecule has 0 spiro atoms. The second-order valence-electron chi connectivity index (χ2n) is 21.1. The number of rotatable bonds is 0. The van der Waals surface area contributed by atoms with Gasteiger partial charge in [0.1, 0.15) is 49.4 Å². The average Bonchev–Trinajstić information content (AvgIpc) is 3.19. The molecule has 8 nitrogen and oxygen atoms in total. The van der Waals surface area contributed by atoms with Crippen LogP contribution in [0.25, 0.3) is 0 Å². The first-order chi connectivity index (χ1) is 29.3. The molecule has 8 heteroatoms. The standard InChI is InChI=1S/C54H80N4O4/c1-51(2,3)43-15-19-47-39(31-43)35-55-23-13-24-56-36-41-33-45(53(7,8)9)17-21-49(41)61-29-30-62-50-22-18-46(54(10,11)12)34-42(50)38-58-26-14-25-57-37-40-32-44(52(4,5)6)16-20-48(40)60-28-27-59-47/h15-22,31-34,55-58H,13-14,23-30,35-38H2,1-12H3. The van der Waals surface area contributed by atoms with Gasteiger partial charge < -0.3 is 40.2 Å². The summed E-state index contributed by atoms with van der Waals surface area (Å²) in [4.78, 5) is 0. The molecule has 0 radical (unpaired) electrons. The summed E-state index contributed by atoms with van der Waals surface area (Å²) in [5.41, 5.74) is 10.0. The fourth-order valence-corrected chi connectivity index (χ4v) is 7.48. The van der Waals surface area contributed by atoms with E-state index in [0.29, 0.717) is 26.4 Å². The van der Waals surface area contributed by atoms with Gasteiger partial charge in [0.25, 0.3) is 0 Å². The van der Waals surface area contributed by atoms with E-state index in [9.17, 15) is 0 Å². The molecule has 0 atom stereocenters. The number of fused-ring (bicyclic) bond motifs is 4. The Balaban J connectivity index is 1.32. The van der Waals surface area contributed by atoms with Crippen LogP contribution in [0.3, 0.4) is 0 Å². The quantitative estimate of drug-likeness (QED) is 0.139. The number of hydrogen-bond donors (Lipinski definition) is 4. The van der Waals surface area contributed by atoms with Gasteiger partial charge in [-0.15, -0.1) is 0 Å². The van der Waals surface area contributed by atoms with Gasteiger partial charge in [-0.05, 0) is 107 Å². The molecular weight excluding hydrogens is 769 g/mol. The molecule has 4 aromatic carbocycles. The van der Waals surface area contributed by atoms with Crippen LogP contribution in [0, 0.1) is 0 Å². The number of ether oxygens (including phenoxy) is 4. The monoisotopic (exact) mass is 849 g/mol. The Morgan fingerprint density at radius 1 is 0.323 bits per heavy atom. The van der Waals surface area contributed by atoms with Crippen molar-refractivity contribution in [2.75, 3.05) is 52.6 Å². The highest BCUT2D eigenvalue weighted by atomic mass is 16.5. The zero-order valence-corrected chi connectivity index (χ0v) is 40.5. The Hall–Kier alpha value is -4.08. The molecule has 0 aromatic heterocycles. The Morgan fingerprint density at radius 2 is 0.532 bits per heavy atom. The minimum absolute atomic E-state index is 0.0394. The molecule has 5 rings (SSSR count). The maximum atomic E-state index is 6.44. The van der Waals surface area contributed by atoms with Gasteiger partial charge in [0, 0.05) is 48.4 Å². The fourth-order valence-electron chi connectivity index (χ4n) is 7.48. The Morgan fingerprint density at radius 3 is 0.726 bits per heavy atom. The highest BCUT2D eigenvalue weighted by Crippen LogP contribution is 2.32. The predicted octanol–water partition coefficient (Wildman–Crippen LogP) is 10.6. The van der Waals surface area contributed by atoms with Crippen molar-refractivity contribution in [3.8, 4) is 23.0 Å². The lowest BCUT2D eigenvalue weighted by Crippen LogP contribution is -2.23. The van der Waals surface area contributed by atoms with Crippen molar-refractivity contribution >= 4 is 0 Å². The van der Waals surface area contributed by atoms with Gasteiger partial charge in [-0.1, -0.05) is 132 Å². The van der Waals surface area contributed by atoms with Crippen molar-refractivity contribution in [2.24, 2.45) is 0 Å². The maximum Gasteiger partial charge on any atom is 0.123 e. The van der Waals surface area contributed by atoms with E-state index in [0.717, 1.165) is 88.2 Å². The van der Waals surface area contributed by atoms with Crippen LogP contribution in [0.1, 0.15) is 140 Å². The summed E-state index contributed by atoms with van der Waals surface area (Å²) in [6, 6.07) is 26.5. The summed E-state index contributed by atoms with van der Waals surface area (Å²) in [6.07, 6.45) is 1.98. The largest absolute Gasteiger partial charge is 0.490 e. The van der Waals surface area contributed by atoms with Gasteiger partial charge in [0.15, 0.2) is 0 Å². The van der Waals surface area contributed by atoms with Gasteiger partial charge in [-0.25, -0.2) is 0 Å². The van der Waals surface area contributed by atoms with Crippen LogP contribution in [0.15, 0.2) is 72.8 Å². The molecule has 1 aliphatic rings. The second-order valence-corrected chi connectivity index (χ2v) is 21.1.